The molecular weight excluding hydrogens is 652 g/mol. The number of nitrogens with zero attached hydrogens (tertiary/aromatic N) is 2. The Morgan fingerprint density at radius 2 is 1.15 bits per heavy atom. The van der Waals surface area contributed by atoms with E-state index < -0.39 is 23.5 Å². The Hall–Kier alpha value is -2.80. The van der Waals surface area contributed by atoms with Crippen molar-refractivity contribution in [1.29, 1.82) is 0 Å². The lowest BCUT2D eigenvalue weighted by atomic mass is 10.1. The number of alkyl carbamates (subject to hydrolysis) is 1. The number of halogens is 5. The number of nitrogens with two attached hydrogens (primary N) is 1. The summed E-state index contributed by atoms with van der Waals surface area (Å²) in [5.74, 6) is -3.42. The number of alkyl halides is 4. The summed E-state index contributed by atoms with van der Waals surface area (Å²) in [5, 5.41) is 2.73. The Balaban J connectivity index is 0.000000340. The number of hydrogen-bond donors (Lipinski definition) is 2. The molecule has 8 nitrogen and oxygen atoms in total. The Morgan fingerprint density at radius 1 is 0.750 bits per heavy atom. The molecule has 0 bridgehead atoms. The molecule has 0 radical (unpaired) electrons. The van der Waals surface area contributed by atoms with Gasteiger partial charge in [0.15, 0.2) is 0 Å². The van der Waals surface area contributed by atoms with Gasteiger partial charge in [0, 0.05) is 71.5 Å². The molecule has 2 heterocycles. The molecule has 0 saturated carbocycles. The quantitative estimate of drug-likeness (QED) is 0.228. The summed E-state index contributed by atoms with van der Waals surface area (Å²) < 4.78 is 68.7. The van der Waals surface area contributed by atoms with Crippen LogP contribution < -0.4 is 20.5 Å². The second kappa shape index (κ2) is 20.0. The van der Waals surface area contributed by atoms with Crippen LogP contribution in [0, 0.1) is 0 Å². The van der Waals surface area contributed by atoms with Crippen molar-refractivity contribution in [2.24, 2.45) is 5.73 Å². The molecule has 2 aliphatic heterocycles. The van der Waals surface area contributed by atoms with Crippen LogP contribution in [0.1, 0.15) is 57.6 Å². The Labute approximate surface area is 289 Å². The van der Waals surface area contributed by atoms with E-state index in [0.717, 1.165) is 23.5 Å². The van der Waals surface area contributed by atoms with Crippen LogP contribution in [0.2, 0.25) is 0 Å². The first-order valence-electron chi connectivity index (χ1n) is 16.5. The molecule has 0 spiro atoms. The van der Waals surface area contributed by atoms with E-state index >= 15 is 0 Å². The molecule has 2 saturated heterocycles. The van der Waals surface area contributed by atoms with Crippen molar-refractivity contribution in [3.63, 3.8) is 0 Å². The minimum atomic E-state index is -2.51. The molecular formula is C35H53ClF4N4O4. The first-order chi connectivity index (χ1) is 22.2. The predicted octanol–water partition coefficient (Wildman–Crippen LogP) is 6.58. The van der Waals surface area contributed by atoms with E-state index in [1.165, 1.54) is 5.56 Å². The first kappa shape index (κ1) is 41.4. The van der Waals surface area contributed by atoms with Crippen molar-refractivity contribution >= 4 is 18.5 Å². The number of benzene rings is 2. The van der Waals surface area contributed by atoms with Crippen LogP contribution >= 0.6 is 12.4 Å². The lowest BCUT2D eigenvalue weighted by Crippen LogP contribution is -2.41. The highest BCUT2D eigenvalue weighted by Crippen LogP contribution is 2.28. The number of piperidine rings is 2. The maximum Gasteiger partial charge on any atom is 0.407 e. The largest absolute Gasteiger partial charge is 0.492 e. The molecule has 272 valence electrons. The van der Waals surface area contributed by atoms with E-state index in [1.807, 2.05) is 79.1 Å². The number of rotatable bonds is 13. The molecule has 0 aliphatic carbocycles. The molecule has 0 atom stereocenters. The van der Waals surface area contributed by atoms with E-state index in [2.05, 4.69) is 5.32 Å². The fourth-order valence-electron chi connectivity index (χ4n) is 5.09. The van der Waals surface area contributed by atoms with Gasteiger partial charge in [-0.25, -0.2) is 22.4 Å². The second-order valence-electron chi connectivity index (χ2n) is 13.1. The zero-order valence-electron chi connectivity index (χ0n) is 28.5. The molecule has 0 aromatic heterocycles. The molecule has 2 fully saturated rings. The smallest absolute Gasteiger partial charge is 0.407 e. The van der Waals surface area contributed by atoms with Crippen LogP contribution in [-0.2, 0) is 17.6 Å². The summed E-state index contributed by atoms with van der Waals surface area (Å²) in [7, 11) is 0. The van der Waals surface area contributed by atoms with Gasteiger partial charge in [-0.2, -0.15) is 0 Å². The lowest BCUT2D eigenvalue weighted by molar-refractivity contribution is -0.0569. The molecule has 3 N–H and O–H groups in total. The van der Waals surface area contributed by atoms with Gasteiger partial charge in [0.1, 0.15) is 30.3 Å². The minimum Gasteiger partial charge on any atom is -0.492 e. The van der Waals surface area contributed by atoms with Gasteiger partial charge >= 0.3 is 6.09 Å². The number of likely N-dealkylation sites (tertiary alicyclic amines) is 2. The summed E-state index contributed by atoms with van der Waals surface area (Å²) >= 11 is 0. The number of ether oxygens (including phenoxy) is 3. The Morgan fingerprint density at radius 3 is 1.52 bits per heavy atom. The van der Waals surface area contributed by atoms with Crippen molar-refractivity contribution in [2.45, 2.75) is 76.7 Å². The number of carbonyl (C=O) groups excluding carboxylic acids is 1. The van der Waals surface area contributed by atoms with Gasteiger partial charge < -0.3 is 25.3 Å². The third-order valence-electron chi connectivity index (χ3n) is 7.89. The number of hydrogen-bond acceptors (Lipinski definition) is 7. The molecule has 0 unspecified atom stereocenters. The summed E-state index contributed by atoms with van der Waals surface area (Å²) in [4.78, 5) is 15.6. The molecule has 4 rings (SSSR count). The molecule has 2 aliphatic rings. The fraction of sp³-hybridized carbons (Fsp3) is 0.629. The summed E-state index contributed by atoms with van der Waals surface area (Å²) in [6, 6.07) is 15.5. The third-order valence-corrected chi connectivity index (χ3v) is 7.89. The summed E-state index contributed by atoms with van der Waals surface area (Å²) in [5.41, 5.74) is 7.26. The van der Waals surface area contributed by atoms with E-state index in [9.17, 15) is 22.4 Å². The molecule has 48 heavy (non-hydrogen) atoms. The van der Waals surface area contributed by atoms with Gasteiger partial charge in [0.05, 0.1) is 0 Å². The van der Waals surface area contributed by atoms with E-state index in [1.54, 1.807) is 0 Å². The van der Waals surface area contributed by atoms with Crippen molar-refractivity contribution < 1.29 is 36.6 Å². The summed E-state index contributed by atoms with van der Waals surface area (Å²) in [6.45, 7) is 10.7. The fourth-order valence-corrected chi connectivity index (χ4v) is 5.09. The number of carbonyl (C=O) groups is 1. The van der Waals surface area contributed by atoms with Crippen molar-refractivity contribution in [3.8, 4) is 11.5 Å². The van der Waals surface area contributed by atoms with Crippen LogP contribution in [0.15, 0.2) is 48.5 Å². The minimum absolute atomic E-state index is 0. The van der Waals surface area contributed by atoms with Crippen LogP contribution in [0.25, 0.3) is 0 Å². The number of nitrogens with one attached hydrogen (secondary N) is 1. The summed E-state index contributed by atoms with van der Waals surface area (Å²) in [6.07, 6.45) is 0.918. The van der Waals surface area contributed by atoms with Gasteiger partial charge in [-0.15, -0.1) is 12.4 Å². The van der Waals surface area contributed by atoms with Gasteiger partial charge in [-0.05, 0) is 75.5 Å². The average Bonchev–Trinajstić information content (AvgIpc) is 3.00. The van der Waals surface area contributed by atoms with Gasteiger partial charge in [-0.3, -0.25) is 9.80 Å². The predicted molar refractivity (Wildman–Crippen MR) is 183 cm³/mol. The van der Waals surface area contributed by atoms with E-state index in [-0.39, 0.29) is 38.1 Å². The maximum atomic E-state index is 13.1. The molecule has 2 aromatic carbocycles. The van der Waals surface area contributed by atoms with Crippen molar-refractivity contribution in [2.75, 3.05) is 65.6 Å². The van der Waals surface area contributed by atoms with E-state index in [0.29, 0.717) is 72.0 Å². The average molecular weight is 705 g/mol. The highest BCUT2D eigenvalue weighted by atomic mass is 35.5. The molecule has 13 heteroatoms. The van der Waals surface area contributed by atoms with Crippen molar-refractivity contribution in [1.82, 2.24) is 15.1 Å². The second-order valence-corrected chi connectivity index (χ2v) is 13.1. The van der Waals surface area contributed by atoms with Gasteiger partial charge in [0.25, 0.3) is 11.8 Å². The first-order valence-corrected chi connectivity index (χ1v) is 16.5. The zero-order valence-corrected chi connectivity index (χ0v) is 29.3. The highest BCUT2D eigenvalue weighted by molar-refractivity contribution is 5.85. The number of amides is 1. The monoisotopic (exact) mass is 704 g/mol. The van der Waals surface area contributed by atoms with Gasteiger partial charge in [-0.1, -0.05) is 24.3 Å². The van der Waals surface area contributed by atoms with E-state index in [4.69, 9.17) is 19.9 Å². The standard InChI is InChI=1S/C20H30F2N2O3.C15H22F2N2O.ClH/c1-19(2,3)27-18(25)23-11-8-16-4-6-17(7-5-16)26-15-14-24-12-9-20(21,22)10-13-24;16-15(17)6-9-19(10-7-15)11-12-20-14-3-1-13(2-4-14)5-8-18;/h4-7H,8-15H2,1-3H3,(H,23,25);1-4H,5-12,18H2;1H. The third kappa shape index (κ3) is 17.0. The van der Waals surface area contributed by atoms with Crippen molar-refractivity contribution in [3.05, 3.63) is 59.7 Å². The topological polar surface area (TPSA) is 89.3 Å². The molecule has 1 amide bonds. The Bertz CT molecular complexity index is 1180. The SMILES string of the molecule is CC(C)(C)OC(=O)NCCc1ccc(OCCN2CCC(F)(F)CC2)cc1.Cl.NCCc1ccc(OCCN2CCC(F)(F)CC2)cc1. The van der Waals surface area contributed by atoms with Gasteiger partial charge in [0.2, 0.25) is 0 Å². The van der Waals surface area contributed by atoms with Crippen LogP contribution in [-0.4, -0.2) is 98.9 Å². The lowest BCUT2D eigenvalue weighted by Gasteiger charge is -2.31. The highest BCUT2D eigenvalue weighted by Gasteiger charge is 2.34. The normalized spacial score (nSPS) is 17.7. The van der Waals surface area contributed by atoms with Crippen LogP contribution in [0.5, 0.6) is 11.5 Å². The Kier molecular flexibility index (Phi) is 17.2. The van der Waals surface area contributed by atoms with Crippen LogP contribution in [0.4, 0.5) is 22.4 Å². The zero-order chi connectivity index (χ0) is 34.3. The maximum absolute atomic E-state index is 13.1. The van der Waals surface area contributed by atoms with Crippen LogP contribution in [0.3, 0.4) is 0 Å². The molecule has 2 aromatic rings.